The summed E-state index contributed by atoms with van der Waals surface area (Å²) in [6.45, 7) is 5.12. The van der Waals surface area contributed by atoms with Gasteiger partial charge in [0.1, 0.15) is 5.60 Å². The predicted octanol–water partition coefficient (Wildman–Crippen LogP) is 1.16. The molecule has 0 unspecified atom stereocenters. The number of hydrogen-bond acceptors (Lipinski definition) is 5. The number of amides is 1. The standard InChI is InChI=1S/C13H15N3O5/c1-13(2,3)21-12(18)14-6-4-5-9-7-10(16(19)20)8-15-11(9)17/h7-8H,6H2,1-3H3,(H,14,18)(H,15,17). The molecule has 0 aliphatic carbocycles. The Morgan fingerprint density at radius 2 is 2.19 bits per heavy atom. The van der Waals surface area contributed by atoms with Crippen LogP contribution in [0.1, 0.15) is 26.3 Å². The van der Waals surface area contributed by atoms with Crippen LogP contribution >= 0.6 is 0 Å². The van der Waals surface area contributed by atoms with Gasteiger partial charge in [-0.2, -0.15) is 0 Å². The summed E-state index contributed by atoms with van der Waals surface area (Å²) in [5, 5.41) is 13.0. The minimum absolute atomic E-state index is 0.0446. The lowest BCUT2D eigenvalue weighted by atomic mass is 10.2. The van der Waals surface area contributed by atoms with Gasteiger partial charge in [0.15, 0.2) is 0 Å². The quantitative estimate of drug-likeness (QED) is 0.482. The number of carbonyl (C=O) groups excluding carboxylic acids is 1. The van der Waals surface area contributed by atoms with E-state index in [9.17, 15) is 19.7 Å². The predicted molar refractivity (Wildman–Crippen MR) is 74.8 cm³/mol. The highest BCUT2D eigenvalue weighted by Gasteiger charge is 2.15. The van der Waals surface area contributed by atoms with Crippen molar-refractivity contribution in [3.05, 3.63) is 38.3 Å². The van der Waals surface area contributed by atoms with E-state index in [0.717, 1.165) is 12.3 Å². The molecule has 1 aromatic heterocycles. The third-order valence-electron chi connectivity index (χ3n) is 2.04. The highest BCUT2D eigenvalue weighted by Crippen LogP contribution is 2.07. The first-order valence-electron chi connectivity index (χ1n) is 6.02. The molecule has 112 valence electrons. The van der Waals surface area contributed by atoms with Gasteiger partial charge in [0.2, 0.25) is 0 Å². The second-order valence-corrected chi connectivity index (χ2v) is 5.02. The van der Waals surface area contributed by atoms with Crippen molar-refractivity contribution in [3.8, 4) is 11.8 Å². The van der Waals surface area contributed by atoms with Gasteiger partial charge in [0.25, 0.3) is 11.2 Å². The zero-order chi connectivity index (χ0) is 16.0. The van der Waals surface area contributed by atoms with Crippen molar-refractivity contribution in [1.82, 2.24) is 10.3 Å². The van der Waals surface area contributed by atoms with Gasteiger partial charge in [0.05, 0.1) is 23.2 Å². The third kappa shape index (κ3) is 5.78. The lowest BCUT2D eigenvalue weighted by Gasteiger charge is -2.18. The molecule has 0 aliphatic heterocycles. The van der Waals surface area contributed by atoms with E-state index in [1.807, 2.05) is 0 Å². The van der Waals surface area contributed by atoms with E-state index in [2.05, 4.69) is 22.1 Å². The smallest absolute Gasteiger partial charge is 0.408 e. The molecule has 1 amide bonds. The molecule has 0 radical (unpaired) electrons. The van der Waals surface area contributed by atoms with Crippen molar-refractivity contribution in [2.75, 3.05) is 6.54 Å². The summed E-state index contributed by atoms with van der Waals surface area (Å²) in [5.41, 5.74) is -1.46. The van der Waals surface area contributed by atoms with E-state index in [1.54, 1.807) is 20.8 Å². The van der Waals surface area contributed by atoms with Gasteiger partial charge in [-0.1, -0.05) is 11.8 Å². The number of nitrogens with zero attached hydrogens (tertiary/aromatic N) is 1. The topological polar surface area (TPSA) is 114 Å². The molecule has 2 N–H and O–H groups in total. The summed E-state index contributed by atoms with van der Waals surface area (Å²) in [6, 6.07) is 1.07. The van der Waals surface area contributed by atoms with E-state index in [4.69, 9.17) is 4.74 Å². The van der Waals surface area contributed by atoms with Gasteiger partial charge in [-0.3, -0.25) is 14.9 Å². The Morgan fingerprint density at radius 1 is 1.52 bits per heavy atom. The summed E-state index contributed by atoms with van der Waals surface area (Å²) in [5.74, 6) is 4.98. The van der Waals surface area contributed by atoms with Crippen molar-refractivity contribution in [1.29, 1.82) is 0 Å². The van der Waals surface area contributed by atoms with Crippen LogP contribution < -0.4 is 10.9 Å². The van der Waals surface area contributed by atoms with E-state index in [0.29, 0.717) is 0 Å². The summed E-state index contributed by atoms with van der Waals surface area (Å²) in [6.07, 6.45) is 0.358. The van der Waals surface area contributed by atoms with Crippen LogP contribution in [0.3, 0.4) is 0 Å². The zero-order valence-corrected chi connectivity index (χ0v) is 11.9. The number of rotatable bonds is 2. The van der Waals surface area contributed by atoms with Crippen molar-refractivity contribution < 1.29 is 14.5 Å². The maximum absolute atomic E-state index is 11.4. The van der Waals surface area contributed by atoms with Crippen molar-refractivity contribution in [2.45, 2.75) is 26.4 Å². The molecule has 0 bridgehead atoms. The van der Waals surface area contributed by atoms with E-state index in [1.165, 1.54) is 0 Å². The van der Waals surface area contributed by atoms with Crippen LogP contribution in [0, 0.1) is 22.0 Å². The Balaban J connectivity index is 2.68. The Hall–Kier alpha value is -2.82. The first-order chi connectivity index (χ1) is 9.69. The average molecular weight is 293 g/mol. The third-order valence-corrected chi connectivity index (χ3v) is 2.04. The fraction of sp³-hybridized carbons (Fsp3) is 0.385. The molecule has 0 fully saturated rings. The first kappa shape index (κ1) is 16.2. The lowest BCUT2D eigenvalue weighted by Crippen LogP contribution is -2.32. The molecule has 8 heteroatoms. The SMILES string of the molecule is CC(C)(C)OC(=O)NCC#Cc1cc([N+](=O)[O-])c[nH]c1=O. The van der Waals surface area contributed by atoms with Crippen LogP contribution in [0.2, 0.25) is 0 Å². The van der Waals surface area contributed by atoms with Crippen LogP contribution in [0.5, 0.6) is 0 Å². The number of ether oxygens (including phenoxy) is 1. The fourth-order valence-corrected chi connectivity index (χ4v) is 1.24. The molecule has 0 aliphatic rings. The van der Waals surface area contributed by atoms with Crippen molar-refractivity contribution in [3.63, 3.8) is 0 Å². The Morgan fingerprint density at radius 3 is 2.76 bits per heavy atom. The molecule has 1 heterocycles. The largest absolute Gasteiger partial charge is 0.444 e. The molecule has 1 aromatic rings. The summed E-state index contributed by atoms with van der Waals surface area (Å²) >= 11 is 0. The number of aromatic amines is 1. The normalized spacial score (nSPS) is 10.2. The van der Waals surface area contributed by atoms with Gasteiger partial charge in [0, 0.05) is 6.07 Å². The van der Waals surface area contributed by atoms with Gasteiger partial charge in [-0.15, -0.1) is 0 Å². The molecule has 8 nitrogen and oxygen atoms in total. The van der Waals surface area contributed by atoms with Gasteiger partial charge in [-0.05, 0) is 20.8 Å². The minimum atomic E-state index is -0.639. The molecular formula is C13H15N3O5. The van der Waals surface area contributed by atoms with Crippen LogP contribution in [0.4, 0.5) is 10.5 Å². The van der Waals surface area contributed by atoms with Gasteiger partial charge >= 0.3 is 6.09 Å². The second kappa shape index (κ2) is 6.56. The molecule has 1 rings (SSSR count). The van der Waals surface area contributed by atoms with Crippen molar-refractivity contribution >= 4 is 11.8 Å². The Kier molecular flexibility index (Phi) is 5.07. The summed E-state index contributed by atoms with van der Waals surface area (Å²) < 4.78 is 4.99. The number of H-pyrrole nitrogens is 1. The van der Waals surface area contributed by atoms with Crippen LogP contribution in [0.15, 0.2) is 17.1 Å². The molecule has 0 saturated carbocycles. The number of carbonyl (C=O) groups is 1. The van der Waals surface area contributed by atoms with Crippen LogP contribution in [0.25, 0.3) is 0 Å². The molecular weight excluding hydrogens is 278 g/mol. The second-order valence-electron chi connectivity index (χ2n) is 5.02. The maximum Gasteiger partial charge on any atom is 0.408 e. The fourth-order valence-electron chi connectivity index (χ4n) is 1.24. The number of aromatic nitrogens is 1. The van der Waals surface area contributed by atoms with E-state index in [-0.39, 0.29) is 17.8 Å². The summed E-state index contributed by atoms with van der Waals surface area (Å²) in [4.78, 5) is 34.9. The number of hydrogen-bond donors (Lipinski definition) is 2. The molecule has 0 saturated heterocycles. The molecule has 0 atom stereocenters. The van der Waals surface area contributed by atoms with E-state index < -0.39 is 22.2 Å². The number of pyridine rings is 1. The van der Waals surface area contributed by atoms with Crippen LogP contribution in [-0.4, -0.2) is 28.1 Å². The lowest BCUT2D eigenvalue weighted by molar-refractivity contribution is -0.385. The maximum atomic E-state index is 11.4. The zero-order valence-electron chi connectivity index (χ0n) is 11.9. The summed E-state index contributed by atoms with van der Waals surface area (Å²) in [7, 11) is 0. The average Bonchev–Trinajstić information content (AvgIpc) is 2.34. The van der Waals surface area contributed by atoms with Gasteiger partial charge < -0.3 is 15.0 Å². The van der Waals surface area contributed by atoms with Crippen LogP contribution in [-0.2, 0) is 4.74 Å². The number of alkyl carbamates (subject to hydrolysis) is 1. The molecule has 0 aromatic carbocycles. The first-order valence-corrected chi connectivity index (χ1v) is 6.02. The Labute approximate surface area is 120 Å². The monoisotopic (exact) mass is 293 g/mol. The van der Waals surface area contributed by atoms with Crippen molar-refractivity contribution in [2.24, 2.45) is 0 Å². The number of nitro groups is 1. The van der Waals surface area contributed by atoms with Gasteiger partial charge in [-0.25, -0.2) is 4.79 Å². The Bertz CT molecular complexity index is 661. The highest BCUT2D eigenvalue weighted by molar-refractivity contribution is 5.68. The molecule has 0 spiro atoms. The highest BCUT2D eigenvalue weighted by atomic mass is 16.6. The number of nitrogens with one attached hydrogen (secondary N) is 2. The molecule has 21 heavy (non-hydrogen) atoms. The minimum Gasteiger partial charge on any atom is -0.444 e. The van der Waals surface area contributed by atoms with E-state index >= 15 is 0 Å².